The van der Waals surface area contributed by atoms with Crippen LogP contribution in [0.5, 0.6) is 17.2 Å². The smallest absolute Gasteiger partial charge is 0.330 e. The second-order valence-electron chi connectivity index (χ2n) is 8.72. The molecule has 3 aromatic carbocycles. The van der Waals surface area contributed by atoms with Crippen LogP contribution in [0.4, 0.5) is 0 Å². The minimum atomic E-state index is -3.68. The molecule has 3 rings (SSSR count). The molecule has 7 nitrogen and oxygen atoms in total. The Morgan fingerprint density at radius 2 is 1.67 bits per heavy atom. The zero-order valence-corrected chi connectivity index (χ0v) is 23.3. The zero-order chi connectivity index (χ0) is 28.1. The van der Waals surface area contributed by atoms with Gasteiger partial charge in [-0.1, -0.05) is 74.0 Å². The van der Waals surface area contributed by atoms with Crippen LogP contribution in [0.2, 0.25) is 0 Å². The second-order valence-corrected chi connectivity index (χ2v) is 10.4. The molecule has 0 N–H and O–H groups in total. The number of benzene rings is 3. The zero-order valence-electron chi connectivity index (χ0n) is 22.5. The maximum absolute atomic E-state index is 12.2. The van der Waals surface area contributed by atoms with Crippen LogP contribution >= 0.6 is 0 Å². The first-order chi connectivity index (χ1) is 18.8. The van der Waals surface area contributed by atoms with Crippen molar-refractivity contribution >= 4 is 28.2 Å². The first-order valence-electron chi connectivity index (χ1n) is 12.7. The van der Waals surface area contributed by atoms with Crippen LogP contribution in [0.1, 0.15) is 42.0 Å². The van der Waals surface area contributed by atoms with Gasteiger partial charge in [-0.15, -0.1) is 0 Å². The van der Waals surface area contributed by atoms with Gasteiger partial charge in [-0.2, -0.15) is 8.42 Å². The van der Waals surface area contributed by atoms with Gasteiger partial charge in [0.2, 0.25) is 0 Å². The van der Waals surface area contributed by atoms with E-state index in [-0.39, 0.29) is 11.5 Å². The second kappa shape index (κ2) is 14.8. The summed E-state index contributed by atoms with van der Waals surface area (Å²) in [4.78, 5) is 11.5. The highest BCUT2D eigenvalue weighted by Gasteiger charge is 2.16. The maximum atomic E-state index is 12.2. The summed E-state index contributed by atoms with van der Waals surface area (Å²) in [6.45, 7) is 2.32. The fourth-order valence-corrected chi connectivity index (χ4v) is 4.75. The van der Waals surface area contributed by atoms with Crippen LogP contribution in [0.3, 0.4) is 0 Å². The number of carbonyl (C=O) groups is 1. The van der Waals surface area contributed by atoms with Gasteiger partial charge >= 0.3 is 16.1 Å². The Labute approximate surface area is 230 Å². The van der Waals surface area contributed by atoms with Crippen molar-refractivity contribution in [3.05, 3.63) is 101 Å². The largest absolute Gasteiger partial charge is 0.493 e. The Morgan fingerprint density at radius 1 is 0.872 bits per heavy atom. The van der Waals surface area contributed by atoms with Crippen molar-refractivity contribution in [1.82, 2.24) is 0 Å². The summed E-state index contributed by atoms with van der Waals surface area (Å²) in [5, 5.41) is 0. The lowest BCUT2D eigenvalue weighted by molar-refractivity contribution is -0.134. The Morgan fingerprint density at radius 3 is 2.38 bits per heavy atom. The lowest BCUT2D eigenvalue weighted by Gasteiger charge is -2.12. The molecule has 0 fully saturated rings. The van der Waals surface area contributed by atoms with Crippen LogP contribution in [0.15, 0.2) is 78.9 Å². The number of unbranched alkanes of at least 4 members (excludes halogenated alkanes) is 1. The number of rotatable bonds is 14. The Bertz CT molecular complexity index is 1390. The van der Waals surface area contributed by atoms with Gasteiger partial charge in [0, 0.05) is 11.6 Å². The molecule has 39 heavy (non-hydrogen) atoms. The van der Waals surface area contributed by atoms with E-state index < -0.39 is 16.1 Å². The average Bonchev–Trinajstić information content (AvgIpc) is 2.95. The summed E-state index contributed by atoms with van der Waals surface area (Å²) in [7, 11) is -0.865. The highest BCUT2D eigenvalue weighted by atomic mass is 32.2. The van der Waals surface area contributed by atoms with E-state index in [1.165, 1.54) is 20.3 Å². The Kier molecular flexibility index (Phi) is 11.2. The van der Waals surface area contributed by atoms with Crippen LogP contribution in [-0.4, -0.2) is 34.4 Å². The first-order valence-corrected chi connectivity index (χ1v) is 14.2. The topological polar surface area (TPSA) is 88.1 Å². The standard InChI is InChI=1S/C31H34O7S/c1-4-5-20-39(33,34)38-28-18-15-24(22-30(28)35-2)12-9-13-27-17-14-25(16-19-31(32)36-3)21-29(27)37-23-26-10-7-6-8-11-26/h6-11,13-19,21-22H,4-5,12,20,23H2,1-3H3. The molecule has 0 aliphatic rings. The third kappa shape index (κ3) is 9.65. The highest BCUT2D eigenvalue weighted by Crippen LogP contribution is 2.30. The van der Waals surface area contributed by atoms with Crippen LogP contribution in [0, 0.1) is 0 Å². The van der Waals surface area contributed by atoms with Gasteiger partial charge in [-0.25, -0.2) is 4.79 Å². The van der Waals surface area contributed by atoms with Crippen molar-refractivity contribution in [1.29, 1.82) is 0 Å². The summed E-state index contributed by atoms with van der Waals surface area (Å²) in [5.74, 6) is 0.725. The van der Waals surface area contributed by atoms with Crippen LogP contribution in [-0.2, 0) is 32.7 Å². The molecule has 0 bridgehead atoms. The lowest BCUT2D eigenvalue weighted by atomic mass is 10.1. The fourth-order valence-electron chi connectivity index (χ4n) is 3.61. The van der Waals surface area contributed by atoms with Crippen molar-refractivity contribution in [2.45, 2.75) is 32.8 Å². The normalized spacial score (nSPS) is 11.6. The summed E-state index contributed by atoms with van der Waals surface area (Å²) in [6, 6.07) is 20.7. The minimum Gasteiger partial charge on any atom is -0.493 e. The quantitative estimate of drug-likeness (QED) is 0.134. The SMILES string of the molecule is CCCCS(=O)(=O)Oc1ccc(CC=Cc2ccc(C=CC(=O)OC)cc2OCc2ccccc2)cc1OC. The van der Waals surface area contributed by atoms with Gasteiger partial charge in [0.15, 0.2) is 11.5 Å². The Balaban J connectivity index is 1.77. The third-order valence-electron chi connectivity index (χ3n) is 5.73. The molecule has 206 valence electrons. The third-order valence-corrected chi connectivity index (χ3v) is 6.95. The fraction of sp³-hybridized carbons (Fsp3) is 0.258. The maximum Gasteiger partial charge on any atom is 0.330 e. The molecule has 0 heterocycles. The molecule has 0 saturated carbocycles. The van der Waals surface area contributed by atoms with Crippen molar-refractivity contribution < 1.29 is 31.6 Å². The summed E-state index contributed by atoms with van der Waals surface area (Å²) < 4.78 is 45.9. The van der Waals surface area contributed by atoms with E-state index in [0.29, 0.717) is 30.9 Å². The molecule has 0 amide bonds. The monoisotopic (exact) mass is 550 g/mol. The van der Waals surface area contributed by atoms with E-state index in [0.717, 1.165) is 28.7 Å². The summed E-state index contributed by atoms with van der Waals surface area (Å²) in [5.41, 5.74) is 3.63. The van der Waals surface area contributed by atoms with Gasteiger partial charge in [0.1, 0.15) is 12.4 Å². The predicted octanol–water partition coefficient (Wildman–Crippen LogP) is 6.23. The van der Waals surface area contributed by atoms with Gasteiger partial charge in [0.05, 0.1) is 20.0 Å². The highest BCUT2D eigenvalue weighted by molar-refractivity contribution is 7.87. The number of esters is 1. The number of carbonyl (C=O) groups excluding carboxylic acids is 1. The molecule has 0 aliphatic heterocycles. The molecule has 0 aromatic heterocycles. The molecule has 0 aliphatic carbocycles. The van der Waals surface area contributed by atoms with E-state index in [2.05, 4.69) is 4.74 Å². The number of hydrogen-bond acceptors (Lipinski definition) is 7. The number of hydrogen-bond donors (Lipinski definition) is 0. The van der Waals surface area contributed by atoms with E-state index in [4.69, 9.17) is 13.7 Å². The van der Waals surface area contributed by atoms with Crippen molar-refractivity contribution in [3.63, 3.8) is 0 Å². The molecule has 0 spiro atoms. The van der Waals surface area contributed by atoms with E-state index >= 15 is 0 Å². The van der Waals surface area contributed by atoms with E-state index in [9.17, 15) is 13.2 Å². The first kappa shape index (κ1) is 29.5. The molecule has 3 aromatic rings. The van der Waals surface area contributed by atoms with Gasteiger partial charge < -0.3 is 18.4 Å². The molecule has 0 saturated heterocycles. The molecule has 0 unspecified atom stereocenters. The average molecular weight is 551 g/mol. The van der Waals surface area contributed by atoms with E-state index in [1.807, 2.05) is 73.7 Å². The van der Waals surface area contributed by atoms with E-state index in [1.54, 1.807) is 18.2 Å². The van der Waals surface area contributed by atoms with Gasteiger partial charge in [-0.05, 0) is 53.8 Å². The summed E-state index contributed by atoms with van der Waals surface area (Å²) in [6.07, 6.45) is 8.85. The lowest BCUT2D eigenvalue weighted by Crippen LogP contribution is -2.14. The molecule has 8 heteroatoms. The molecule has 0 atom stereocenters. The van der Waals surface area contributed by atoms with Gasteiger partial charge in [0.25, 0.3) is 0 Å². The summed E-state index contributed by atoms with van der Waals surface area (Å²) >= 11 is 0. The van der Waals surface area contributed by atoms with Crippen molar-refractivity contribution in [2.75, 3.05) is 20.0 Å². The van der Waals surface area contributed by atoms with Crippen molar-refractivity contribution in [3.8, 4) is 17.2 Å². The van der Waals surface area contributed by atoms with Crippen molar-refractivity contribution in [2.24, 2.45) is 0 Å². The number of allylic oxidation sites excluding steroid dienone is 1. The van der Waals surface area contributed by atoms with Crippen LogP contribution in [0.25, 0.3) is 12.2 Å². The number of ether oxygens (including phenoxy) is 3. The number of methoxy groups -OCH3 is 2. The minimum absolute atomic E-state index is 0.0386. The predicted molar refractivity (Wildman–Crippen MR) is 153 cm³/mol. The van der Waals surface area contributed by atoms with Crippen LogP contribution < -0.4 is 13.7 Å². The van der Waals surface area contributed by atoms with Gasteiger partial charge in [-0.3, -0.25) is 0 Å². The Hall–Kier alpha value is -4.04. The molecular weight excluding hydrogens is 516 g/mol. The molecular formula is C31H34O7S. The molecule has 0 radical (unpaired) electrons.